The number of rotatable bonds is 6. The maximum absolute atomic E-state index is 11.4. The van der Waals surface area contributed by atoms with Crippen molar-refractivity contribution in [1.82, 2.24) is 5.32 Å². The second-order valence-electron chi connectivity index (χ2n) is 5.71. The Kier molecular flexibility index (Phi) is 6.36. The van der Waals surface area contributed by atoms with Crippen molar-refractivity contribution in [3.63, 3.8) is 0 Å². The van der Waals surface area contributed by atoms with Crippen LogP contribution >= 0.6 is 0 Å². The van der Waals surface area contributed by atoms with Crippen LogP contribution in [0.15, 0.2) is 24.3 Å². The zero-order chi connectivity index (χ0) is 15.9. The van der Waals surface area contributed by atoms with Gasteiger partial charge >= 0.3 is 5.97 Å². The fourth-order valence-electron chi connectivity index (χ4n) is 2.85. The lowest BCUT2D eigenvalue weighted by atomic mass is 9.89. The molecule has 1 saturated heterocycles. The second kappa shape index (κ2) is 8.27. The molecular weight excluding hydrogens is 282 g/mol. The molecule has 1 aliphatic heterocycles. The molecule has 1 heterocycles. The van der Waals surface area contributed by atoms with Crippen LogP contribution in [0, 0.1) is 0 Å². The Bertz CT molecular complexity index is 468. The highest BCUT2D eigenvalue weighted by Gasteiger charge is 2.22. The number of aliphatic hydroxyl groups is 2. The number of aliphatic hydroxyl groups excluding tert-OH is 2. The van der Waals surface area contributed by atoms with E-state index in [-0.39, 0.29) is 13.0 Å². The van der Waals surface area contributed by atoms with E-state index in [9.17, 15) is 15.0 Å². The summed E-state index contributed by atoms with van der Waals surface area (Å²) in [6.45, 7) is 4.05. The predicted molar refractivity (Wildman–Crippen MR) is 83.5 cm³/mol. The summed E-state index contributed by atoms with van der Waals surface area (Å²) in [5.41, 5.74) is 1.88. The number of esters is 1. The molecule has 1 aliphatic rings. The first-order valence-electron chi connectivity index (χ1n) is 7.94. The van der Waals surface area contributed by atoms with Gasteiger partial charge in [-0.05, 0) is 49.9 Å². The molecule has 0 aromatic heterocycles. The first-order chi connectivity index (χ1) is 10.6. The minimum Gasteiger partial charge on any atom is -0.466 e. The third kappa shape index (κ3) is 4.53. The van der Waals surface area contributed by atoms with E-state index in [2.05, 4.69) is 5.32 Å². The number of nitrogens with one attached hydrogen (secondary N) is 1. The summed E-state index contributed by atoms with van der Waals surface area (Å²) >= 11 is 0. The van der Waals surface area contributed by atoms with E-state index in [4.69, 9.17) is 4.74 Å². The highest BCUT2D eigenvalue weighted by molar-refractivity contribution is 5.70. The molecule has 0 radical (unpaired) electrons. The summed E-state index contributed by atoms with van der Waals surface area (Å²) in [5, 5.41) is 23.4. The van der Waals surface area contributed by atoms with Gasteiger partial charge in [-0.15, -0.1) is 0 Å². The van der Waals surface area contributed by atoms with Gasteiger partial charge in [0.15, 0.2) is 0 Å². The van der Waals surface area contributed by atoms with Crippen LogP contribution in [0.1, 0.15) is 49.3 Å². The molecule has 0 bridgehead atoms. The molecule has 2 rings (SSSR count). The summed E-state index contributed by atoms with van der Waals surface area (Å²) < 4.78 is 4.78. The van der Waals surface area contributed by atoms with Crippen molar-refractivity contribution in [1.29, 1.82) is 0 Å². The molecule has 2 unspecified atom stereocenters. The molecule has 22 heavy (non-hydrogen) atoms. The molecule has 1 aromatic rings. The van der Waals surface area contributed by atoms with Gasteiger partial charge in [0.25, 0.3) is 0 Å². The smallest absolute Gasteiger partial charge is 0.308 e. The van der Waals surface area contributed by atoms with Gasteiger partial charge in [-0.3, -0.25) is 4.79 Å². The van der Waals surface area contributed by atoms with Gasteiger partial charge in [-0.2, -0.15) is 0 Å². The van der Waals surface area contributed by atoms with Crippen LogP contribution in [0.2, 0.25) is 0 Å². The van der Waals surface area contributed by atoms with Crippen molar-refractivity contribution < 1.29 is 19.7 Å². The maximum atomic E-state index is 11.4. The first kappa shape index (κ1) is 16.9. The fourth-order valence-corrected chi connectivity index (χ4v) is 2.85. The zero-order valence-corrected chi connectivity index (χ0v) is 13.0. The van der Waals surface area contributed by atoms with Crippen LogP contribution in [-0.4, -0.2) is 42.0 Å². The first-order valence-corrected chi connectivity index (χ1v) is 7.94. The van der Waals surface area contributed by atoms with Crippen LogP contribution in [0.5, 0.6) is 0 Å². The van der Waals surface area contributed by atoms with Crippen molar-refractivity contribution in [2.75, 3.05) is 19.7 Å². The maximum Gasteiger partial charge on any atom is 0.308 e. The van der Waals surface area contributed by atoms with E-state index in [1.165, 1.54) is 5.56 Å². The second-order valence-corrected chi connectivity index (χ2v) is 5.71. The number of benzene rings is 1. The third-order valence-electron chi connectivity index (χ3n) is 4.13. The van der Waals surface area contributed by atoms with E-state index >= 15 is 0 Å². The molecule has 122 valence electrons. The Morgan fingerprint density at radius 2 is 1.91 bits per heavy atom. The summed E-state index contributed by atoms with van der Waals surface area (Å²) in [6.07, 6.45) is -0.193. The van der Waals surface area contributed by atoms with Gasteiger partial charge < -0.3 is 20.3 Å². The lowest BCUT2D eigenvalue weighted by Crippen LogP contribution is -2.26. The molecule has 2 atom stereocenters. The zero-order valence-electron chi connectivity index (χ0n) is 13.0. The number of ether oxygens (including phenoxy) is 1. The monoisotopic (exact) mass is 307 g/mol. The van der Waals surface area contributed by atoms with Crippen molar-refractivity contribution in [3.8, 4) is 0 Å². The van der Waals surface area contributed by atoms with E-state index in [1.807, 2.05) is 24.3 Å². The van der Waals surface area contributed by atoms with Crippen LogP contribution in [-0.2, 0) is 9.53 Å². The molecule has 1 aromatic carbocycles. The van der Waals surface area contributed by atoms with E-state index in [0.29, 0.717) is 11.5 Å². The lowest BCUT2D eigenvalue weighted by molar-refractivity contribution is -0.147. The molecular formula is C17H25NO4. The molecule has 3 N–H and O–H groups in total. The third-order valence-corrected chi connectivity index (χ3v) is 4.13. The predicted octanol–water partition coefficient (Wildman–Crippen LogP) is 1.50. The largest absolute Gasteiger partial charge is 0.466 e. The molecule has 5 heteroatoms. The molecule has 0 spiro atoms. The van der Waals surface area contributed by atoms with Crippen molar-refractivity contribution in [2.24, 2.45) is 0 Å². The fraction of sp³-hybridized carbons (Fsp3) is 0.588. The lowest BCUT2D eigenvalue weighted by Gasteiger charge is -2.24. The highest BCUT2D eigenvalue weighted by atomic mass is 16.5. The normalized spacial score (nSPS) is 18.7. The molecule has 0 aliphatic carbocycles. The van der Waals surface area contributed by atoms with Gasteiger partial charge in [0, 0.05) is 0 Å². The van der Waals surface area contributed by atoms with Gasteiger partial charge in [-0.25, -0.2) is 0 Å². The Labute approximate surface area is 131 Å². The molecule has 1 fully saturated rings. The van der Waals surface area contributed by atoms with E-state index < -0.39 is 18.2 Å². The minimum atomic E-state index is -1.15. The Hall–Kier alpha value is -1.43. The average molecular weight is 307 g/mol. The van der Waals surface area contributed by atoms with Gasteiger partial charge in [0.2, 0.25) is 0 Å². The summed E-state index contributed by atoms with van der Waals surface area (Å²) in [4.78, 5) is 11.4. The highest BCUT2D eigenvalue weighted by Crippen LogP contribution is 2.27. The van der Waals surface area contributed by atoms with Crippen LogP contribution in [0.3, 0.4) is 0 Å². The van der Waals surface area contributed by atoms with Gasteiger partial charge in [0.05, 0.1) is 19.1 Å². The van der Waals surface area contributed by atoms with Crippen LogP contribution < -0.4 is 5.32 Å². The topological polar surface area (TPSA) is 78.8 Å². The minimum absolute atomic E-state index is 0.203. The Balaban J connectivity index is 1.95. The SMILES string of the molecule is CCOC(=O)CC(O)C(O)c1ccc(C2CCNCC2)cc1. The Morgan fingerprint density at radius 3 is 2.50 bits per heavy atom. The summed E-state index contributed by atoms with van der Waals surface area (Å²) in [6, 6.07) is 7.67. The number of carbonyl (C=O) groups excluding carboxylic acids is 1. The summed E-state index contributed by atoms with van der Waals surface area (Å²) in [5.74, 6) is 0.0530. The number of piperidine rings is 1. The summed E-state index contributed by atoms with van der Waals surface area (Å²) in [7, 11) is 0. The standard InChI is InChI=1S/C17H25NO4/c1-2-22-16(20)11-15(19)17(21)14-5-3-12(4-6-14)13-7-9-18-10-8-13/h3-6,13,15,17-19,21H,2,7-11H2,1H3. The van der Waals surface area contributed by atoms with Crippen LogP contribution in [0.4, 0.5) is 0 Å². The molecule has 5 nitrogen and oxygen atoms in total. The quantitative estimate of drug-likeness (QED) is 0.694. The van der Waals surface area contributed by atoms with E-state index in [0.717, 1.165) is 25.9 Å². The Morgan fingerprint density at radius 1 is 1.27 bits per heavy atom. The van der Waals surface area contributed by atoms with Gasteiger partial charge in [0.1, 0.15) is 6.10 Å². The number of carbonyl (C=O) groups is 1. The van der Waals surface area contributed by atoms with E-state index in [1.54, 1.807) is 6.92 Å². The molecule has 0 saturated carbocycles. The molecule has 0 amide bonds. The number of hydrogen-bond acceptors (Lipinski definition) is 5. The number of hydrogen-bond donors (Lipinski definition) is 3. The average Bonchev–Trinajstić information content (AvgIpc) is 2.55. The van der Waals surface area contributed by atoms with Crippen molar-refractivity contribution in [3.05, 3.63) is 35.4 Å². The van der Waals surface area contributed by atoms with Crippen LogP contribution in [0.25, 0.3) is 0 Å². The van der Waals surface area contributed by atoms with Gasteiger partial charge in [-0.1, -0.05) is 24.3 Å². The van der Waals surface area contributed by atoms with Crippen molar-refractivity contribution >= 4 is 5.97 Å². The van der Waals surface area contributed by atoms with Crippen molar-refractivity contribution in [2.45, 2.75) is 44.3 Å².